The molecule has 0 saturated carbocycles. The van der Waals surface area contributed by atoms with Crippen LogP contribution in [0.2, 0.25) is 0 Å². The highest BCUT2D eigenvalue weighted by molar-refractivity contribution is 5.46. The zero-order valence-corrected chi connectivity index (χ0v) is 14.5. The molecule has 0 aliphatic carbocycles. The molecule has 5 heteroatoms. The number of piperidine rings is 1. The minimum Gasteiger partial charge on any atom is -0.493 e. The van der Waals surface area contributed by atoms with E-state index in [0.717, 1.165) is 23.7 Å². The number of benzene rings is 2. The van der Waals surface area contributed by atoms with Gasteiger partial charge >= 0.3 is 0 Å². The predicted octanol–water partition coefficient (Wildman–Crippen LogP) is 3.86. The molecule has 136 valence electrons. The maximum atomic E-state index is 13.3. The lowest BCUT2D eigenvalue weighted by Gasteiger charge is -2.38. The van der Waals surface area contributed by atoms with Crippen LogP contribution in [0.25, 0.3) is 0 Å². The van der Waals surface area contributed by atoms with Crippen LogP contribution in [-0.2, 0) is 0 Å². The van der Waals surface area contributed by atoms with Crippen molar-refractivity contribution in [2.45, 2.75) is 37.3 Å². The number of hydrogen-bond acceptors (Lipinski definition) is 4. The van der Waals surface area contributed by atoms with E-state index in [0.29, 0.717) is 30.5 Å². The van der Waals surface area contributed by atoms with Gasteiger partial charge in [0.25, 0.3) is 0 Å². The zero-order chi connectivity index (χ0) is 17.5. The molecule has 0 aromatic heterocycles. The summed E-state index contributed by atoms with van der Waals surface area (Å²) in [6.45, 7) is 0.896. The van der Waals surface area contributed by atoms with Crippen molar-refractivity contribution in [3.8, 4) is 17.2 Å². The smallest absolute Gasteiger partial charge is 0.231 e. The van der Waals surface area contributed by atoms with E-state index in [2.05, 4.69) is 5.32 Å². The highest BCUT2D eigenvalue weighted by Gasteiger charge is 2.42. The van der Waals surface area contributed by atoms with Gasteiger partial charge in [0.15, 0.2) is 11.5 Å². The number of rotatable bonds is 4. The molecule has 4 atom stereocenters. The van der Waals surface area contributed by atoms with Gasteiger partial charge in [-0.1, -0.05) is 12.1 Å². The molecule has 2 aromatic carbocycles. The molecule has 26 heavy (non-hydrogen) atoms. The molecule has 5 rings (SSSR count). The maximum Gasteiger partial charge on any atom is 0.231 e. The van der Waals surface area contributed by atoms with Crippen molar-refractivity contribution in [3.63, 3.8) is 0 Å². The highest BCUT2D eigenvalue weighted by Crippen LogP contribution is 2.42. The fraction of sp³-hybridized carbons (Fsp3) is 0.429. The second kappa shape index (κ2) is 6.47. The molecule has 3 aliphatic heterocycles. The average Bonchev–Trinajstić information content (AvgIpc) is 3.28. The Kier molecular flexibility index (Phi) is 3.97. The van der Waals surface area contributed by atoms with Gasteiger partial charge in [0.05, 0.1) is 6.61 Å². The van der Waals surface area contributed by atoms with E-state index < -0.39 is 0 Å². The minimum absolute atomic E-state index is 0.182. The molecule has 3 aliphatic rings. The van der Waals surface area contributed by atoms with E-state index in [4.69, 9.17) is 14.2 Å². The van der Waals surface area contributed by atoms with Gasteiger partial charge in [-0.15, -0.1) is 0 Å². The molecule has 2 aromatic rings. The van der Waals surface area contributed by atoms with E-state index in [1.807, 2.05) is 30.3 Å². The van der Waals surface area contributed by atoms with Crippen LogP contribution in [0.3, 0.4) is 0 Å². The van der Waals surface area contributed by atoms with Crippen LogP contribution >= 0.6 is 0 Å². The van der Waals surface area contributed by atoms with Crippen LogP contribution in [0.15, 0.2) is 42.5 Å². The quantitative estimate of drug-likeness (QED) is 0.904. The normalized spacial score (nSPS) is 29.0. The molecular formula is C21H22FNO3. The molecule has 1 N–H and O–H groups in total. The SMILES string of the molecule is Fc1ccc([C@H]2CC3CCC(N3)C2COc2ccc3c(c2)OCO3)cc1. The van der Waals surface area contributed by atoms with E-state index in [-0.39, 0.29) is 12.6 Å². The highest BCUT2D eigenvalue weighted by atomic mass is 19.1. The van der Waals surface area contributed by atoms with Crippen molar-refractivity contribution in [2.24, 2.45) is 5.92 Å². The van der Waals surface area contributed by atoms with Crippen molar-refractivity contribution in [1.82, 2.24) is 5.32 Å². The standard InChI is InChI=1S/C21H22FNO3/c22-14-3-1-13(2-4-14)17-9-15-5-7-19(23-15)18(17)11-24-16-6-8-20-21(10-16)26-12-25-20/h1-4,6,8,10,15,17-19,23H,5,7,9,11-12H2/t15?,17-,18?,19?/m1/s1. The number of nitrogens with one attached hydrogen (secondary N) is 1. The van der Waals surface area contributed by atoms with Gasteiger partial charge in [-0.05, 0) is 55.0 Å². The fourth-order valence-corrected chi connectivity index (χ4v) is 4.62. The molecule has 2 saturated heterocycles. The second-order valence-corrected chi connectivity index (χ2v) is 7.43. The van der Waals surface area contributed by atoms with Gasteiger partial charge in [0, 0.05) is 24.1 Å². The monoisotopic (exact) mass is 355 g/mol. The Morgan fingerprint density at radius 2 is 1.88 bits per heavy atom. The van der Waals surface area contributed by atoms with Gasteiger partial charge in [-0.25, -0.2) is 4.39 Å². The molecule has 0 amide bonds. The van der Waals surface area contributed by atoms with Crippen molar-refractivity contribution in [3.05, 3.63) is 53.8 Å². The second-order valence-electron chi connectivity index (χ2n) is 7.43. The first-order valence-electron chi connectivity index (χ1n) is 9.30. The van der Waals surface area contributed by atoms with Crippen molar-refractivity contribution in [1.29, 1.82) is 0 Å². The summed E-state index contributed by atoms with van der Waals surface area (Å²) in [5.74, 6) is 2.87. The molecule has 2 bridgehead atoms. The summed E-state index contributed by atoms with van der Waals surface area (Å²) in [7, 11) is 0. The van der Waals surface area contributed by atoms with E-state index in [1.165, 1.54) is 18.4 Å². The Morgan fingerprint density at radius 3 is 2.77 bits per heavy atom. The maximum absolute atomic E-state index is 13.3. The summed E-state index contributed by atoms with van der Waals surface area (Å²) in [6.07, 6.45) is 3.47. The third kappa shape index (κ3) is 2.90. The topological polar surface area (TPSA) is 39.7 Å². The van der Waals surface area contributed by atoms with Crippen LogP contribution in [0.5, 0.6) is 17.2 Å². The largest absolute Gasteiger partial charge is 0.493 e. The van der Waals surface area contributed by atoms with Crippen molar-refractivity contribution in [2.75, 3.05) is 13.4 Å². The Morgan fingerprint density at radius 1 is 1.04 bits per heavy atom. The Hall–Kier alpha value is -2.27. The summed E-state index contributed by atoms with van der Waals surface area (Å²) in [5, 5.41) is 3.73. The Balaban J connectivity index is 1.35. The summed E-state index contributed by atoms with van der Waals surface area (Å²) >= 11 is 0. The predicted molar refractivity (Wildman–Crippen MR) is 95.3 cm³/mol. The van der Waals surface area contributed by atoms with Gasteiger partial charge in [-0.2, -0.15) is 0 Å². The lowest BCUT2D eigenvalue weighted by molar-refractivity contribution is 0.158. The molecule has 0 radical (unpaired) electrons. The van der Waals surface area contributed by atoms with E-state index in [1.54, 1.807) is 12.1 Å². The zero-order valence-electron chi connectivity index (χ0n) is 14.5. The molecule has 3 heterocycles. The Labute approximate surface area is 152 Å². The fourth-order valence-electron chi connectivity index (χ4n) is 4.62. The summed E-state index contributed by atoms with van der Waals surface area (Å²) in [5.41, 5.74) is 1.21. The number of ether oxygens (including phenoxy) is 3. The minimum atomic E-state index is -0.182. The number of halogens is 1. The molecular weight excluding hydrogens is 333 g/mol. The van der Waals surface area contributed by atoms with Gasteiger partial charge in [0.1, 0.15) is 11.6 Å². The molecule has 2 fully saturated rings. The third-order valence-electron chi connectivity index (χ3n) is 5.93. The van der Waals surface area contributed by atoms with Crippen LogP contribution < -0.4 is 19.5 Å². The van der Waals surface area contributed by atoms with E-state index >= 15 is 0 Å². The van der Waals surface area contributed by atoms with Crippen molar-refractivity contribution < 1.29 is 18.6 Å². The van der Waals surface area contributed by atoms with Gasteiger partial charge < -0.3 is 19.5 Å². The van der Waals surface area contributed by atoms with E-state index in [9.17, 15) is 4.39 Å². The third-order valence-corrected chi connectivity index (χ3v) is 5.93. The molecule has 3 unspecified atom stereocenters. The first kappa shape index (κ1) is 15.9. The average molecular weight is 355 g/mol. The lowest BCUT2D eigenvalue weighted by Crippen LogP contribution is -2.46. The number of hydrogen-bond donors (Lipinski definition) is 1. The Bertz CT molecular complexity index is 794. The van der Waals surface area contributed by atoms with Crippen LogP contribution in [0.4, 0.5) is 4.39 Å². The lowest BCUT2D eigenvalue weighted by atomic mass is 9.77. The summed E-state index contributed by atoms with van der Waals surface area (Å²) < 4.78 is 30.3. The first-order chi connectivity index (χ1) is 12.8. The first-order valence-corrected chi connectivity index (χ1v) is 9.30. The molecule has 0 spiro atoms. The van der Waals surface area contributed by atoms with Crippen LogP contribution in [0, 0.1) is 11.7 Å². The van der Waals surface area contributed by atoms with Gasteiger partial charge in [0.2, 0.25) is 6.79 Å². The molecule has 4 nitrogen and oxygen atoms in total. The van der Waals surface area contributed by atoms with Gasteiger partial charge in [-0.3, -0.25) is 0 Å². The van der Waals surface area contributed by atoms with Crippen LogP contribution in [-0.4, -0.2) is 25.5 Å². The van der Waals surface area contributed by atoms with Crippen molar-refractivity contribution >= 4 is 0 Å². The van der Waals surface area contributed by atoms with Crippen LogP contribution in [0.1, 0.15) is 30.7 Å². The summed E-state index contributed by atoms with van der Waals surface area (Å²) in [4.78, 5) is 0. The summed E-state index contributed by atoms with van der Waals surface area (Å²) in [6, 6.07) is 13.7. The number of fused-ring (bicyclic) bond motifs is 3.